The lowest BCUT2D eigenvalue weighted by molar-refractivity contribution is -0.394. The van der Waals surface area contributed by atoms with Crippen LogP contribution in [-0.4, -0.2) is 113 Å². The largest absolute Gasteiger partial charge is 0.482 e. The van der Waals surface area contributed by atoms with E-state index >= 15 is 0 Å². The molecular weight excluding hydrogens is 564 g/mol. The topological polar surface area (TPSA) is 149 Å². The molecule has 0 aliphatic carbocycles. The summed E-state index contributed by atoms with van der Waals surface area (Å²) < 4.78 is 61.0. The number of carbonyl (C=O) groups is 4. The molecule has 3 aliphatic rings. The highest BCUT2D eigenvalue weighted by Gasteiger charge is 2.69. The zero-order valence-corrected chi connectivity index (χ0v) is 21.6. The van der Waals surface area contributed by atoms with E-state index in [2.05, 4.69) is 0 Å². The van der Waals surface area contributed by atoms with Gasteiger partial charge in [0, 0.05) is 50.9 Å². The molecule has 3 aliphatic heterocycles. The lowest BCUT2D eigenvalue weighted by atomic mass is 9.96. The van der Waals surface area contributed by atoms with Crippen molar-refractivity contribution in [3.8, 4) is 5.75 Å². The zero-order valence-electron chi connectivity index (χ0n) is 21.6. The van der Waals surface area contributed by atoms with Gasteiger partial charge < -0.3 is 29.4 Å². The van der Waals surface area contributed by atoms with Crippen molar-refractivity contribution in [3.05, 3.63) is 36.2 Å². The van der Waals surface area contributed by atoms with Gasteiger partial charge in [-0.15, -0.1) is 0 Å². The molecule has 3 amide bonds. The number of carbonyl (C=O) groups excluding carboxylic acids is 4. The quantitative estimate of drug-likeness (QED) is 0.338. The number of ether oxygens (including phenoxy) is 2. The van der Waals surface area contributed by atoms with Gasteiger partial charge in [-0.05, 0) is 32.0 Å². The lowest BCUT2D eigenvalue weighted by Crippen LogP contribution is -2.78. The first-order valence-electron chi connectivity index (χ1n) is 12.3. The monoisotopic (exact) mass is 590 g/mol. The van der Waals surface area contributed by atoms with Crippen molar-refractivity contribution in [2.75, 3.05) is 50.8 Å². The lowest BCUT2D eigenvalue weighted by Gasteiger charge is -2.49. The predicted molar refractivity (Wildman–Crippen MR) is 127 cm³/mol. The van der Waals surface area contributed by atoms with Gasteiger partial charge in [0.15, 0.2) is 6.61 Å². The molecule has 0 bridgehead atoms. The van der Waals surface area contributed by atoms with E-state index in [1.54, 1.807) is 4.90 Å². The van der Waals surface area contributed by atoms with Crippen molar-refractivity contribution in [2.24, 2.45) is 0 Å². The number of rotatable bonds is 7. The number of alkyl halides is 3. The molecule has 17 heteroatoms. The number of urea groups is 1. The van der Waals surface area contributed by atoms with Crippen LogP contribution in [0.25, 0.3) is 0 Å². The Labute approximate surface area is 230 Å². The Kier molecular flexibility index (Phi) is 8.15. The minimum absolute atomic E-state index is 0.0714. The van der Waals surface area contributed by atoms with Crippen LogP contribution in [0.5, 0.6) is 5.75 Å². The van der Waals surface area contributed by atoms with Gasteiger partial charge >= 0.3 is 30.1 Å². The van der Waals surface area contributed by atoms with E-state index in [1.807, 2.05) is 4.90 Å². The summed E-state index contributed by atoms with van der Waals surface area (Å²) in [6, 6.07) is 1.98. The maximum atomic E-state index is 13.7. The summed E-state index contributed by atoms with van der Waals surface area (Å²) in [5, 5.41) is 21.5. The number of esters is 1. The third-order valence-corrected chi connectivity index (χ3v) is 6.64. The van der Waals surface area contributed by atoms with Crippen LogP contribution < -0.4 is 9.64 Å². The molecule has 1 aromatic carbocycles. The van der Waals surface area contributed by atoms with Crippen molar-refractivity contribution in [3.63, 3.8) is 0 Å². The standard InChI is InChI=1S/C24H26F4N4O9/c1-22(37)20(35)31(21(36)32-24(22,38)40-18(33)5-6-19(34)41-32)8-2-7-29-9-11-30(12-10-29)16-4-3-15(25)13-17(16)39-14-23(26,27)28/h3-6,13,37-38H,2,7-12,14H2,1H3/b6-5+. The molecule has 224 valence electrons. The summed E-state index contributed by atoms with van der Waals surface area (Å²) in [6.45, 7) is 0.792. The highest BCUT2D eigenvalue weighted by atomic mass is 19.4. The van der Waals surface area contributed by atoms with E-state index in [0.717, 1.165) is 19.1 Å². The molecule has 2 fully saturated rings. The molecule has 3 heterocycles. The number of piperazine rings is 1. The second kappa shape index (κ2) is 11.1. The summed E-state index contributed by atoms with van der Waals surface area (Å²) in [5.74, 6) is -8.18. The Hall–Kier alpha value is -3.96. The first kappa shape index (κ1) is 30.0. The van der Waals surface area contributed by atoms with Gasteiger partial charge in [-0.3, -0.25) is 14.6 Å². The third kappa shape index (κ3) is 6.20. The van der Waals surface area contributed by atoms with Gasteiger partial charge in [-0.25, -0.2) is 18.8 Å². The smallest absolute Gasteiger partial charge is 0.422 e. The summed E-state index contributed by atoms with van der Waals surface area (Å²) in [7, 11) is 0. The number of halogens is 4. The minimum atomic E-state index is -4.60. The van der Waals surface area contributed by atoms with E-state index in [4.69, 9.17) is 14.3 Å². The summed E-state index contributed by atoms with van der Waals surface area (Å²) in [5.41, 5.74) is -2.61. The van der Waals surface area contributed by atoms with Crippen LogP contribution >= 0.6 is 0 Å². The number of hydroxylamine groups is 2. The highest BCUT2D eigenvalue weighted by molar-refractivity contribution is 6.03. The zero-order chi connectivity index (χ0) is 30.2. The van der Waals surface area contributed by atoms with Crippen LogP contribution in [0.1, 0.15) is 13.3 Å². The number of hydrogen-bond donors (Lipinski definition) is 2. The Morgan fingerprint density at radius 2 is 1.66 bits per heavy atom. The fraction of sp³-hybridized carbons (Fsp3) is 0.500. The molecular formula is C24H26F4N4O9. The summed E-state index contributed by atoms with van der Waals surface area (Å²) in [4.78, 5) is 58.6. The second-order valence-electron chi connectivity index (χ2n) is 9.58. The normalized spacial score (nSPS) is 26.7. The average Bonchev–Trinajstić information content (AvgIpc) is 2.89. The summed E-state index contributed by atoms with van der Waals surface area (Å²) >= 11 is 0. The van der Waals surface area contributed by atoms with Gasteiger partial charge in [0.2, 0.25) is 5.60 Å². The van der Waals surface area contributed by atoms with Crippen LogP contribution in [-0.2, 0) is 24.0 Å². The molecule has 41 heavy (non-hydrogen) atoms. The molecule has 2 saturated heterocycles. The van der Waals surface area contributed by atoms with E-state index in [9.17, 15) is 47.0 Å². The predicted octanol–water partition coefficient (Wildman–Crippen LogP) is 0.511. The SMILES string of the molecule is CC1(O)C(=O)N(CCCN2CCN(c3ccc(F)cc3OCC(F)(F)F)CC2)C(=O)N2OC(=O)/C=C/C(=O)OC21O. The molecule has 0 aromatic heterocycles. The number of aliphatic hydroxyl groups is 2. The highest BCUT2D eigenvalue weighted by Crippen LogP contribution is 2.37. The number of benzene rings is 1. The molecule has 0 saturated carbocycles. The molecule has 0 spiro atoms. The van der Waals surface area contributed by atoms with Gasteiger partial charge in [-0.2, -0.15) is 13.2 Å². The van der Waals surface area contributed by atoms with Crippen LogP contribution in [0.15, 0.2) is 30.4 Å². The van der Waals surface area contributed by atoms with Gasteiger partial charge in [-0.1, -0.05) is 5.06 Å². The molecule has 2 unspecified atom stereocenters. The molecule has 1 aromatic rings. The first-order valence-corrected chi connectivity index (χ1v) is 12.3. The molecule has 4 rings (SSSR count). The van der Waals surface area contributed by atoms with Crippen molar-refractivity contribution in [1.29, 1.82) is 0 Å². The second-order valence-corrected chi connectivity index (χ2v) is 9.58. The molecule has 2 atom stereocenters. The average molecular weight is 590 g/mol. The Morgan fingerprint density at radius 1 is 1.00 bits per heavy atom. The van der Waals surface area contributed by atoms with E-state index in [1.165, 1.54) is 6.07 Å². The molecule has 0 radical (unpaired) electrons. The van der Waals surface area contributed by atoms with Crippen molar-refractivity contribution in [1.82, 2.24) is 14.9 Å². The van der Waals surface area contributed by atoms with Crippen LogP contribution in [0.3, 0.4) is 0 Å². The Bertz CT molecular complexity index is 1250. The number of amides is 3. The van der Waals surface area contributed by atoms with Gasteiger partial charge in [0.05, 0.1) is 5.69 Å². The van der Waals surface area contributed by atoms with Gasteiger partial charge in [0.1, 0.15) is 11.6 Å². The minimum Gasteiger partial charge on any atom is -0.482 e. The van der Waals surface area contributed by atoms with Crippen molar-refractivity contribution >= 4 is 29.6 Å². The maximum absolute atomic E-state index is 13.7. The van der Waals surface area contributed by atoms with Crippen LogP contribution in [0, 0.1) is 5.82 Å². The number of hydrogen-bond acceptors (Lipinski definition) is 11. The summed E-state index contributed by atoms with van der Waals surface area (Å²) in [6.07, 6.45) is -3.21. The van der Waals surface area contributed by atoms with Crippen LogP contribution in [0.2, 0.25) is 0 Å². The third-order valence-electron chi connectivity index (χ3n) is 6.64. The van der Waals surface area contributed by atoms with E-state index in [0.29, 0.717) is 55.5 Å². The van der Waals surface area contributed by atoms with Crippen molar-refractivity contribution in [2.45, 2.75) is 31.0 Å². The van der Waals surface area contributed by atoms with E-state index < -0.39 is 54.0 Å². The number of fused-ring (bicyclic) bond motifs is 1. The number of imide groups is 1. The van der Waals surface area contributed by atoms with Crippen LogP contribution in [0.4, 0.5) is 28.0 Å². The Balaban J connectivity index is 1.36. The molecule has 2 N–H and O–H groups in total. The van der Waals surface area contributed by atoms with E-state index in [-0.39, 0.29) is 23.8 Å². The first-order chi connectivity index (χ1) is 19.1. The van der Waals surface area contributed by atoms with Crippen molar-refractivity contribution < 1.29 is 61.3 Å². The Morgan fingerprint density at radius 3 is 2.32 bits per heavy atom. The fourth-order valence-corrected chi connectivity index (χ4v) is 4.48. The fourth-order valence-electron chi connectivity index (χ4n) is 4.48. The molecule has 13 nitrogen and oxygen atoms in total. The maximum Gasteiger partial charge on any atom is 0.422 e. The number of nitrogens with zero attached hydrogens (tertiary/aromatic N) is 4. The number of anilines is 1. The van der Waals surface area contributed by atoms with Gasteiger partial charge in [0.25, 0.3) is 5.91 Å².